The second-order valence-corrected chi connectivity index (χ2v) is 2.68. The average molecular weight is 210 g/mol. The second kappa shape index (κ2) is 5.92. The molecule has 0 unspecified atom stereocenters. The highest BCUT2D eigenvalue weighted by molar-refractivity contribution is 5.92. The minimum absolute atomic E-state index is 0.105. The Kier molecular flexibility index (Phi) is 4.49. The van der Waals surface area contributed by atoms with E-state index >= 15 is 0 Å². The van der Waals surface area contributed by atoms with Gasteiger partial charge in [-0.2, -0.15) is 4.98 Å². The number of amidine groups is 1. The number of nitrogens with one attached hydrogen (secondary N) is 1. The number of nitrogen functional groups attached to an aromatic ring is 1. The van der Waals surface area contributed by atoms with Crippen LogP contribution in [0.2, 0.25) is 0 Å². The molecule has 0 fully saturated rings. The summed E-state index contributed by atoms with van der Waals surface area (Å²) in [5, 5.41) is 7.18. The summed E-state index contributed by atoms with van der Waals surface area (Å²) < 4.78 is 10.3. The number of nitrogens with zero attached hydrogens (tertiary/aromatic N) is 2. The molecular formula is C9H14N4O2. The van der Waals surface area contributed by atoms with Gasteiger partial charge in [-0.05, 0) is 13.0 Å². The van der Waals surface area contributed by atoms with Crippen LogP contribution >= 0.6 is 0 Å². The molecule has 0 aliphatic rings. The van der Waals surface area contributed by atoms with Crippen molar-refractivity contribution in [3.8, 4) is 6.01 Å². The highest BCUT2D eigenvalue weighted by Crippen LogP contribution is 2.01. The zero-order valence-corrected chi connectivity index (χ0v) is 8.56. The molecule has 6 nitrogen and oxygen atoms in total. The predicted octanol–water partition coefficient (Wildman–Crippen LogP) is 0.176. The summed E-state index contributed by atoms with van der Waals surface area (Å²) in [4.78, 5) is 7.81. The van der Waals surface area contributed by atoms with Gasteiger partial charge in [0.05, 0.1) is 6.61 Å². The molecule has 0 bridgehead atoms. The van der Waals surface area contributed by atoms with E-state index in [0.717, 1.165) is 0 Å². The van der Waals surface area contributed by atoms with E-state index in [9.17, 15) is 0 Å². The van der Waals surface area contributed by atoms with Crippen molar-refractivity contribution in [1.82, 2.24) is 9.97 Å². The molecule has 0 radical (unpaired) electrons. The van der Waals surface area contributed by atoms with Crippen LogP contribution in [0.3, 0.4) is 0 Å². The number of rotatable bonds is 6. The summed E-state index contributed by atoms with van der Waals surface area (Å²) >= 11 is 0. The molecule has 15 heavy (non-hydrogen) atoms. The standard InChI is InChI=1S/C9H14N4O2/c1-2-14-5-6-15-9-12-4-3-7(13-9)8(10)11/h3-4H,2,5-6H2,1H3,(H3,10,11). The maximum Gasteiger partial charge on any atom is 0.317 e. The zero-order chi connectivity index (χ0) is 11.1. The lowest BCUT2D eigenvalue weighted by Crippen LogP contribution is -2.15. The van der Waals surface area contributed by atoms with Gasteiger partial charge in [0.25, 0.3) is 0 Å². The van der Waals surface area contributed by atoms with Crippen LogP contribution in [0.15, 0.2) is 12.3 Å². The third kappa shape index (κ3) is 3.90. The number of ether oxygens (including phenoxy) is 2. The van der Waals surface area contributed by atoms with Gasteiger partial charge in [-0.1, -0.05) is 0 Å². The van der Waals surface area contributed by atoms with E-state index in [0.29, 0.717) is 25.5 Å². The van der Waals surface area contributed by atoms with E-state index in [4.69, 9.17) is 20.6 Å². The molecule has 1 heterocycles. The minimum atomic E-state index is -0.105. The summed E-state index contributed by atoms with van der Waals surface area (Å²) in [6, 6.07) is 1.76. The number of nitrogens with two attached hydrogens (primary N) is 1. The Labute approximate surface area is 87.9 Å². The first-order valence-electron chi connectivity index (χ1n) is 4.62. The van der Waals surface area contributed by atoms with E-state index in [1.54, 1.807) is 6.07 Å². The van der Waals surface area contributed by atoms with Gasteiger partial charge in [0, 0.05) is 12.8 Å². The van der Waals surface area contributed by atoms with Crippen LogP contribution < -0.4 is 10.5 Å². The van der Waals surface area contributed by atoms with Crippen LogP contribution in [-0.2, 0) is 4.74 Å². The van der Waals surface area contributed by atoms with Crippen molar-refractivity contribution in [2.24, 2.45) is 5.73 Å². The van der Waals surface area contributed by atoms with Crippen LogP contribution in [0.5, 0.6) is 6.01 Å². The topological polar surface area (TPSA) is 94.1 Å². The SMILES string of the molecule is CCOCCOc1nccc(C(=N)N)n1. The van der Waals surface area contributed by atoms with E-state index in [2.05, 4.69) is 9.97 Å². The molecule has 6 heteroatoms. The maximum absolute atomic E-state index is 7.18. The minimum Gasteiger partial charge on any atom is -0.461 e. The number of hydrogen-bond acceptors (Lipinski definition) is 5. The lowest BCUT2D eigenvalue weighted by molar-refractivity contribution is 0.106. The molecule has 0 aromatic carbocycles. The Balaban J connectivity index is 2.47. The quantitative estimate of drug-likeness (QED) is 0.396. The lowest BCUT2D eigenvalue weighted by Gasteiger charge is -2.04. The first-order valence-corrected chi connectivity index (χ1v) is 4.62. The Morgan fingerprint density at radius 1 is 1.53 bits per heavy atom. The fourth-order valence-electron chi connectivity index (χ4n) is 0.897. The van der Waals surface area contributed by atoms with Gasteiger partial charge in [0.1, 0.15) is 18.1 Å². The van der Waals surface area contributed by atoms with E-state index in [1.165, 1.54) is 6.20 Å². The Bertz CT molecular complexity index is 330. The molecule has 0 spiro atoms. The predicted molar refractivity (Wildman–Crippen MR) is 55.0 cm³/mol. The van der Waals surface area contributed by atoms with Crippen LogP contribution in [0.4, 0.5) is 0 Å². The monoisotopic (exact) mass is 210 g/mol. The van der Waals surface area contributed by atoms with Gasteiger partial charge in [-0.25, -0.2) is 4.98 Å². The highest BCUT2D eigenvalue weighted by atomic mass is 16.5. The second-order valence-electron chi connectivity index (χ2n) is 2.68. The summed E-state index contributed by atoms with van der Waals surface area (Å²) in [5.74, 6) is -0.105. The van der Waals surface area contributed by atoms with Crippen LogP contribution in [-0.4, -0.2) is 35.6 Å². The van der Waals surface area contributed by atoms with Crippen molar-refractivity contribution < 1.29 is 9.47 Å². The normalized spacial score (nSPS) is 9.93. The molecule has 0 atom stereocenters. The maximum atomic E-state index is 7.18. The third-order valence-corrected chi connectivity index (χ3v) is 1.57. The van der Waals surface area contributed by atoms with Crippen molar-refractivity contribution in [3.63, 3.8) is 0 Å². The molecule has 0 saturated heterocycles. The van der Waals surface area contributed by atoms with Gasteiger partial charge in [0.15, 0.2) is 0 Å². The molecule has 1 aromatic heterocycles. The molecule has 1 aromatic rings. The highest BCUT2D eigenvalue weighted by Gasteiger charge is 2.01. The number of hydrogen-bond donors (Lipinski definition) is 2. The molecule has 82 valence electrons. The molecule has 0 amide bonds. The number of aromatic nitrogens is 2. The average Bonchev–Trinajstić information content (AvgIpc) is 2.25. The molecule has 1 rings (SSSR count). The molecular weight excluding hydrogens is 196 g/mol. The van der Waals surface area contributed by atoms with Crippen molar-refractivity contribution >= 4 is 5.84 Å². The van der Waals surface area contributed by atoms with Crippen molar-refractivity contribution in [2.45, 2.75) is 6.92 Å². The van der Waals surface area contributed by atoms with E-state index < -0.39 is 0 Å². The van der Waals surface area contributed by atoms with Gasteiger partial charge >= 0.3 is 6.01 Å². The van der Waals surface area contributed by atoms with Gasteiger partial charge < -0.3 is 15.2 Å². The van der Waals surface area contributed by atoms with Crippen LogP contribution in [0.25, 0.3) is 0 Å². The Morgan fingerprint density at radius 3 is 3.00 bits per heavy atom. The first-order chi connectivity index (χ1) is 7.24. The Hall–Kier alpha value is -1.69. The third-order valence-electron chi connectivity index (χ3n) is 1.57. The fourth-order valence-corrected chi connectivity index (χ4v) is 0.897. The summed E-state index contributed by atoms with van der Waals surface area (Å²) in [5.41, 5.74) is 5.63. The van der Waals surface area contributed by atoms with Crippen LogP contribution in [0.1, 0.15) is 12.6 Å². The fraction of sp³-hybridized carbons (Fsp3) is 0.444. The van der Waals surface area contributed by atoms with Gasteiger partial charge in [-0.15, -0.1) is 0 Å². The van der Waals surface area contributed by atoms with E-state index in [1.807, 2.05) is 6.92 Å². The lowest BCUT2D eigenvalue weighted by atomic mass is 10.4. The van der Waals surface area contributed by atoms with Crippen LogP contribution in [0, 0.1) is 5.41 Å². The first kappa shape index (κ1) is 11.4. The van der Waals surface area contributed by atoms with Gasteiger partial charge in [0.2, 0.25) is 0 Å². The molecule has 0 saturated carbocycles. The molecule has 0 aliphatic heterocycles. The summed E-state index contributed by atoms with van der Waals surface area (Å²) in [6.45, 7) is 3.43. The van der Waals surface area contributed by atoms with E-state index in [-0.39, 0.29) is 11.8 Å². The summed E-state index contributed by atoms with van der Waals surface area (Å²) in [7, 11) is 0. The van der Waals surface area contributed by atoms with Gasteiger partial charge in [-0.3, -0.25) is 5.41 Å². The van der Waals surface area contributed by atoms with Crippen molar-refractivity contribution in [2.75, 3.05) is 19.8 Å². The molecule has 0 aliphatic carbocycles. The van der Waals surface area contributed by atoms with Crippen molar-refractivity contribution in [1.29, 1.82) is 5.41 Å². The zero-order valence-electron chi connectivity index (χ0n) is 8.56. The van der Waals surface area contributed by atoms with Crippen molar-refractivity contribution in [3.05, 3.63) is 18.0 Å². The molecule has 3 N–H and O–H groups in total. The largest absolute Gasteiger partial charge is 0.461 e. The smallest absolute Gasteiger partial charge is 0.317 e. The Morgan fingerprint density at radius 2 is 2.33 bits per heavy atom. The summed E-state index contributed by atoms with van der Waals surface area (Å²) in [6.07, 6.45) is 1.50.